The maximum absolute atomic E-state index is 12.5. The molecule has 1 unspecified atom stereocenters. The summed E-state index contributed by atoms with van der Waals surface area (Å²) >= 11 is 0. The summed E-state index contributed by atoms with van der Waals surface area (Å²) in [6.07, 6.45) is 3.47. The van der Waals surface area contributed by atoms with Gasteiger partial charge in [-0.2, -0.15) is 0 Å². The first-order chi connectivity index (χ1) is 8.79. The predicted molar refractivity (Wildman–Crippen MR) is 79.5 cm³/mol. The molecule has 1 aromatic rings. The van der Waals surface area contributed by atoms with Crippen LogP contribution in [0.3, 0.4) is 0 Å². The van der Waals surface area contributed by atoms with E-state index in [1.54, 1.807) is 0 Å². The van der Waals surface area contributed by atoms with Gasteiger partial charge in [0.25, 0.3) is 5.56 Å². The molecule has 2 rings (SSSR count). The van der Waals surface area contributed by atoms with Gasteiger partial charge in [-0.25, -0.2) is 4.68 Å². The van der Waals surface area contributed by atoms with Crippen LogP contribution < -0.4 is 11.3 Å². The third kappa shape index (κ3) is 2.45. The molecule has 0 bridgehead atoms. The van der Waals surface area contributed by atoms with Crippen molar-refractivity contribution in [3.05, 3.63) is 16.0 Å². The van der Waals surface area contributed by atoms with Crippen LogP contribution in [0, 0.1) is 5.92 Å². The summed E-state index contributed by atoms with van der Waals surface area (Å²) in [5.74, 6) is 0.649. The van der Waals surface area contributed by atoms with Crippen LogP contribution in [0.2, 0.25) is 0 Å². The van der Waals surface area contributed by atoms with Crippen LogP contribution in [0.5, 0.6) is 0 Å². The van der Waals surface area contributed by atoms with Crippen LogP contribution in [0.25, 0.3) is 0 Å². The highest BCUT2D eigenvalue weighted by Crippen LogP contribution is 2.40. The lowest BCUT2D eigenvalue weighted by atomic mass is 9.91. The summed E-state index contributed by atoms with van der Waals surface area (Å²) in [5.41, 5.74) is 7.45. The van der Waals surface area contributed by atoms with Crippen molar-refractivity contribution in [1.29, 1.82) is 0 Å². The Labute approximate surface area is 115 Å². The molecule has 0 spiro atoms. The maximum atomic E-state index is 12.5. The van der Waals surface area contributed by atoms with Gasteiger partial charge in [-0.05, 0) is 32.1 Å². The summed E-state index contributed by atoms with van der Waals surface area (Å²) < 4.78 is 4.05. The molecule has 0 radical (unpaired) electrons. The van der Waals surface area contributed by atoms with E-state index in [-0.39, 0.29) is 17.0 Å². The Morgan fingerprint density at radius 2 is 1.95 bits per heavy atom. The summed E-state index contributed by atoms with van der Waals surface area (Å²) in [6.45, 7) is 11.5. The first kappa shape index (κ1) is 14.2. The van der Waals surface area contributed by atoms with Gasteiger partial charge in [0.2, 0.25) is 0 Å². The van der Waals surface area contributed by atoms with Gasteiger partial charge >= 0.3 is 0 Å². The number of nitrogen functional groups attached to an aromatic ring is 1. The van der Waals surface area contributed by atoms with E-state index in [2.05, 4.69) is 39.3 Å². The van der Waals surface area contributed by atoms with Crippen LogP contribution in [-0.2, 0) is 12.0 Å². The topological polar surface area (TPSA) is 52.9 Å². The Bertz CT molecular complexity index is 515. The molecule has 2 N–H and O–H groups in total. The van der Waals surface area contributed by atoms with Crippen molar-refractivity contribution in [3.63, 3.8) is 0 Å². The minimum Gasteiger partial charge on any atom is -0.393 e. The van der Waals surface area contributed by atoms with E-state index in [4.69, 9.17) is 5.73 Å². The fraction of sp³-hybridized carbons (Fsp3) is 0.800. The van der Waals surface area contributed by atoms with Crippen molar-refractivity contribution in [2.45, 2.75) is 71.9 Å². The van der Waals surface area contributed by atoms with Gasteiger partial charge in [-0.3, -0.25) is 9.48 Å². The van der Waals surface area contributed by atoms with Crippen molar-refractivity contribution >= 4 is 5.69 Å². The second-order valence-electron chi connectivity index (χ2n) is 6.86. The summed E-state index contributed by atoms with van der Waals surface area (Å²) in [7, 11) is 0. The number of hydrogen-bond donors (Lipinski definition) is 1. The fourth-order valence-corrected chi connectivity index (χ4v) is 2.99. The van der Waals surface area contributed by atoms with E-state index < -0.39 is 0 Å². The first-order valence-electron chi connectivity index (χ1n) is 7.40. The van der Waals surface area contributed by atoms with Crippen LogP contribution >= 0.6 is 0 Å². The minimum atomic E-state index is -0.104. The SMILES string of the molecule is CCCn1c(C(C)(C)C)c(N)c(=O)n1C(C)C1CC1. The van der Waals surface area contributed by atoms with Gasteiger partial charge in [0, 0.05) is 12.0 Å². The second-order valence-corrected chi connectivity index (χ2v) is 6.86. The fourth-order valence-electron chi connectivity index (χ4n) is 2.99. The molecule has 1 aromatic heterocycles. The molecule has 1 saturated carbocycles. The van der Waals surface area contributed by atoms with Crippen molar-refractivity contribution in [2.75, 3.05) is 5.73 Å². The van der Waals surface area contributed by atoms with Gasteiger partial charge in [-0.1, -0.05) is 27.7 Å². The number of rotatable bonds is 4. The van der Waals surface area contributed by atoms with E-state index in [1.807, 2.05) is 4.68 Å². The molecule has 0 amide bonds. The van der Waals surface area contributed by atoms with Crippen molar-refractivity contribution in [3.8, 4) is 0 Å². The standard InChI is InChI=1S/C15H27N3O/c1-6-9-17-13(15(3,4)5)12(16)14(19)18(17)10(2)11-7-8-11/h10-11H,6-9,16H2,1-5H3. The zero-order valence-corrected chi connectivity index (χ0v) is 12.9. The maximum Gasteiger partial charge on any atom is 0.290 e. The molecule has 1 aliphatic carbocycles. The van der Waals surface area contributed by atoms with Crippen molar-refractivity contribution in [2.24, 2.45) is 5.92 Å². The Hall–Kier alpha value is -1.19. The lowest BCUT2D eigenvalue weighted by Crippen LogP contribution is -2.29. The molecule has 1 fully saturated rings. The number of nitrogens with zero attached hydrogens (tertiary/aromatic N) is 2. The highest BCUT2D eigenvalue weighted by Gasteiger charge is 2.35. The van der Waals surface area contributed by atoms with Crippen molar-refractivity contribution in [1.82, 2.24) is 9.36 Å². The quantitative estimate of drug-likeness (QED) is 0.910. The van der Waals surface area contributed by atoms with E-state index in [0.717, 1.165) is 18.7 Å². The molecule has 19 heavy (non-hydrogen) atoms. The zero-order valence-electron chi connectivity index (χ0n) is 12.9. The molecule has 4 nitrogen and oxygen atoms in total. The predicted octanol–water partition coefficient (Wildman–Crippen LogP) is 2.91. The number of aromatic nitrogens is 2. The Balaban J connectivity index is 2.61. The van der Waals surface area contributed by atoms with Gasteiger partial charge in [0.05, 0.1) is 11.7 Å². The van der Waals surface area contributed by atoms with Crippen LogP contribution in [0.15, 0.2) is 4.79 Å². The average molecular weight is 265 g/mol. The van der Waals surface area contributed by atoms with Gasteiger partial charge < -0.3 is 5.73 Å². The van der Waals surface area contributed by atoms with Gasteiger partial charge in [0.1, 0.15) is 5.69 Å². The third-order valence-corrected chi connectivity index (χ3v) is 4.05. The molecule has 0 aliphatic heterocycles. The third-order valence-electron chi connectivity index (χ3n) is 4.05. The minimum absolute atomic E-state index is 0.00206. The lowest BCUT2D eigenvalue weighted by Gasteiger charge is -2.25. The van der Waals surface area contributed by atoms with E-state index in [9.17, 15) is 4.79 Å². The highest BCUT2D eigenvalue weighted by atomic mass is 16.1. The Morgan fingerprint density at radius 1 is 1.37 bits per heavy atom. The monoisotopic (exact) mass is 265 g/mol. The number of nitrogens with two attached hydrogens (primary N) is 1. The molecule has 0 saturated heterocycles. The normalized spacial score (nSPS) is 17.7. The second kappa shape index (κ2) is 4.73. The number of anilines is 1. The molecule has 108 valence electrons. The van der Waals surface area contributed by atoms with Crippen LogP contribution in [0.4, 0.5) is 5.69 Å². The molecule has 0 aromatic carbocycles. The largest absolute Gasteiger partial charge is 0.393 e. The zero-order chi connectivity index (χ0) is 14.4. The summed E-state index contributed by atoms with van der Waals surface area (Å²) in [6, 6.07) is 0.262. The molecule has 1 atom stereocenters. The van der Waals surface area contributed by atoms with Gasteiger partial charge in [0.15, 0.2) is 0 Å². The lowest BCUT2D eigenvalue weighted by molar-refractivity contribution is 0.328. The molecular weight excluding hydrogens is 238 g/mol. The van der Waals surface area contributed by atoms with Crippen LogP contribution in [0.1, 0.15) is 65.6 Å². The summed E-state index contributed by atoms with van der Waals surface area (Å²) in [4.78, 5) is 12.5. The molecular formula is C15H27N3O. The van der Waals surface area contributed by atoms with E-state index in [0.29, 0.717) is 11.6 Å². The number of hydrogen-bond acceptors (Lipinski definition) is 2. The molecule has 1 heterocycles. The van der Waals surface area contributed by atoms with E-state index >= 15 is 0 Å². The Morgan fingerprint density at radius 3 is 2.37 bits per heavy atom. The molecule has 4 heteroatoms. The molecule has 1 aliphatic rings. The van der Waals surface area contributed by atoms with Gasteiger partial charge in [-0.15, -0.1) is 0 Å². The Kier molecular flexibility index (Phi) is 3.54. The van der Waals surface area contributed by atoms with Crippen molar-refractivity contribution < 1.29 is 0 Å². The summed E-state index contributed by atoms with van der Waals surface area (Å²) in [5, 5.41) is 0. The highest BCUT2D eigenvalue weighted by molar-refractivity contribution is 5.45. The van der Waals surface area contributed by atoms with E-state index in [1.165, 1.54) is 12.8 Å². The first-order valence-corrected chi connectivity index (χ1v) is 7.40. The average Bonchev–Trinajstić information content (AvgIpc) is 3.07. The van der Waals surface area contributed by atoms with Crippen LogP contribution in [-0.4, -0.2) is 9.36 Å². The smallest absolute Gasteiger partial charge is 0.290 e.